The van der Waals surface area contributed by atoms with Crippen molar-refractivity contribution in [3.05, 3.63) is 52.8 Å². The molecule has 0 radical (unpaired) electrons. The van der Waals surface area contributed by atoms with Crippen LogP contribution in [0.25, 0.3) is 0 Å². The molecule has 0 spiro atoms. The fourth-order valence-corrected chi connectivity index (χ4v) is 2.92. The van der Waals surface area contributed by atoms with Crippen molar-refractivity contribution < 1.29 is 9.53 Å². The Labute approximate surface area is 141 Å². The maximum atomic E-state index is 12.8. The number of nitriles is 1. The van der Waals surface area contributed by atoms with Crippen LogP contribution in [0.5, 0.6) is 0 Å². The van der Waals surface area contributed by atoms with Gasteiger partial charge in [0, 0.05) is 6.54 Å². The number of morpholine rings is 1. The minimum Gasteiger partial charge on any atom is -0.370 e. The normalized spacial score (nSPS) is 17.8. The average Bonchev–Trinajstić information content (AvgIpc) is 3.11. The van der Waals surface area contributed by atoms with Crippen molar-refractivity contribution in [3.63, 3.8) is 0 Å². The van der Waals surface area contributed by atoms with Crippen LogP contribution in [0, 0.1) is 11.3 Å². The Balaban J connectivity index is 1.79. The topological polar surface area (TPSA) is 82.0 Å². The Kier molecular flexibility index (Phi) is 4.63. The third-order valence-corrected chi connectivity index (χ3v) is 4.22. The smallest absolute Gasteiger partial charge is 0.257 e. The fourth-order valence-electron chi connectivity index (χ4n) is 2.92. The highest BCUT2D eigenvalue weighted by Crippen LogP contribution is 2.25. The largest absolute Gasteiger partial charge is 0.370 e. The number of rotatable bonds is 3. The summed E-state index contributed by atoms with van der Waals surface area (Å²) in [5.74, 6) is 0.174. The first-order valence-electron chi connectivity index (χ1n) is 8.04. The molecule has 1 saturated heterocycles. The number of carbonyl (C=O) groups is 1. The molecule has 1 unspecified atom stereocenters. The van der Waals surface area contributed by atoms with Crippen molar-refractivity contribution in [1.82, 2.24) is 15.1 Å². The van der Waals surface area contributed by atoms with Gasteiger partial charge in [-0.2, -0.15) is 10.4 Å². The number of ether oxygens (including phenoxy) is 1. The first kappa shape index (κ1) is 16.2. The lowest BCUT2D eigenvalue weighted by molar-refractivity contribution is -0.0228. The third kappa shape index (κ3) is 3.17. The number of nitrogens with one attached hydrogen (secondary N) is 1. The van der Waals surface area contributed by atoms with Gasteiger partial charge in [-0.05, 0) is 23.6 Å². The molecule has 6 heteroatoms. The van der Waals surface area contributed by atoms with Crippen LogP contribution < -0.4 is 0 Å². The van der Waals surface area contributed by atoms with Gasteiger partial charge in [-0.25, -0.2) is 0 Å². The molecule has 1 amide bonds. The number of H-pyrrole nitrogens is 1. The van der Waals surface area contributed by atoms with Crippen LogP contribution in [-0.4, -0.2) is 40.7 Å². The zero-order valence-electron chi connectivity index (χ0n) is 13.8. The average molecular weight is 324 g/mol. The molecular weight excluding hydrogens is 304 g/mol. The Morgan fingerprint density at radius 2 is 2.33 bits per heavy atom. The maximum Gasteiger partial charge on any atom is 0.257 e. The van der Waals surface area contributed by atoms with E-state index < -0.39 is 0 Å². The number of benzene rings is 1. The summed E-state index contributed by atoms with van der Waals surface area (Å²) >= 11 is 0. The van der Waals surface area contributed by atoms with Gasteiger partial charge in [0.2, 0.25) is 0 Å². The lowest BCUT2D eigenvalue weighted by Crippen LogP contribution is -2.42. The van der Waals surface area contributed by atoms with E-state index in [-0.39, 0.29) is 17.9 Å². The van der Waals surface area contributed by atoms with E-state index in [0.29, 0.717) is 30.8 Å². The minimum atomic E-state index is -0.217. The highest BCUT2D eigenvalue weighted by atomic mass is 16.5. The van der Waals surface area contributed by atoms with E-state index in [9.17, 15) is 4.79 Å². The van der Waals surface area contributed by atoms with Crippen LogP contribution in [0.1, 0.15) is 53.0 Å². The van der Waals surface area contributed by atoms with Gasteiger partial charge in [0.15, 0.2) is 0 Å². The van der Waals surface area contributed by atoms with Crippen molar-refractivity contribution in [1.29, 1.82) is 5.26 Å². The maximum absolute atomic E-state index is 12.8. The molecule has 1 aliphatic heterocycles. The molecule has 1 fully saturated rings. The summed E-state index contributed by atoms with van der Waals surface area (Å²) in [4.78, 5) is 14.6. The number of carbonyl (C=O) groups excluding carboxylic acids is 1. The molecule has 1 N–H and O–H groups in total. The van der Waals surface area contributed by atoms with Crippen LogP contribution in [0.4, 0.5) is 0 Å². The Morgan fingerprint density at radius 3 is 3.08 bits per heavy atom. The molecule has 0 bridgehead atoms. The molecule has 1 aliphatic rings. The van der Waals surface area contributed by atoms with Gasteiger partial charge in [-0.3, -0.25) is 9.89 Å². The molecule has 2 heterocycles. The Hall–Kier alpha value is -2.65. The van der Waals surface area contributed by atoms with Crippen LogP contribution in [-0.2, 0) is 4.74 Å². The quantitative estimate of drug-likeness (QED) is 0.941. The first-order valence-corrected chi connectivity index (χ1v) is 8.04. The molecule has 1 aromatic carbocycles. The number of aromatic amines is 1. The minimum absolute atomic E-state index is 0.0304. The zero-order chi connectivity index (χ0) is 17.1. The van der Waals surface area contributed by atoms with Gasteiger partial charge in [0.1, 0.15) is 6.10 Å². The summed E-state index contributed by atoms with van der Waals surface area (Å²) in [6, 6.07) is 9.48. The van der Waals surface area contributed by atoms with Gasteiger partial charge in [-0.15, -0.1) is 0 Å². The number of nitrogens with zero attached hydrogens (tertiary/aromatic N) is 3. The van der Waals surface area contributed by atoms with E-state index in [4.69, 9.17) is 10.00 Å². The molecule has 124 valence electrons. The van der Waals surface area contributed by atoms with Crippen molar-refractivity contribution in [2.45, 2.75) is 25.9 Å². The van der Waals surface area contributed by atoms with Gasteiger partial charge in [0.25, 0.3) is 5.91 Å². The second-order valence-corrected chi connectivity index (χ2v) is 6.20. The van der Waals surface area contributed by atoms with Gasteiger partial charge in [0.05, 0.1) is 42.2 Å². The zero-order valence-corrected chi connectivity index (χ0v) is 13.8. The standard InChI is InChI=1S/C18H20N4O2/c1-12(2)17-15(10-20-21-17)18(23)22-6-7-24-16(11-22)14-5-3-4-13(8-14)9-19/h3-5,8,10,12,16H,6-7,11H2,1-2H3,(H,20,21). The van der Waals surface area contributed by atoms with E-state index >= 15 is 0 Å². The number of hydrogen-bond acceptors (Lipinski definition) is 4. The number of aromatic nitrogens is 2. The highest BCUT2D eigenvalue weighted by Gasteiger charge is 2.28. The van der Waals surface area contributed by atoms with E-state index in [1.807, 2.05) is 32.0 Å². The number of amides is 1. The van der Waals surface area contributed by atoms with Crippen molar-refractivity contribution >= 4 is 5.91 Å². The first-order chi connectivity index (χ1) is 11.6. The summed E-state index contributed by atoms with van der Waals surface area (Å²) in [5.41, 5.74) is 2.99. The summed E-state index contributed by atoms with van der Waals surface area (Å²) in [6.45, 7) is 5.55. The molecule has 2 aromatic rings. The summed E-state index contributed by atoms with van der Waals surface area (Å²) in [6.07, 6.45) is 1.38. The van der Waals surface area contributed by atoms with E-state index in [0.717, 1.165) is 11.3 Å². The van der Waals surface area contributed by atoms with E-state index in [1.165, 1.54) is 0 Å². The van der Waals surface area contributed by atoms with E-state index in [2.05, 4.69) is 16.3 Å². The highest BCUT2D eigenvalue weighted by molar-refractivity contribution is 5.95. The van der Waals surface area contributed by atoms with Crippen molar-refractivity contribution in [3.8, 4) is 6.07 Å². The molecule has 1 aromatic heterocycles. The van der Waals surface area contributed by atoms with Gasteiger partial charge >= 0.3 is 0 Å². The molecule has 6 nitrogen and oxygen atoms in total. The molecule has 0 aliphatic carbocycles. The summed E-state index contributed by atoms with van der Waals surface area (Å²) in [5, 5.41) is 16.0. The summed E-state index contributed by atoms with van der Waals surface area (Å²) < 4.78 is 5.81. The van der Waals surface area contributed by atoms with Crippen LogP contribution in [0.15, 0.2) is 30.5 Å². The molecule has 3 rings (SSSR count). The van der Waals surface area contributed by atoms with Crippen LogP contribution >= 0.6 is 0 Å². The van der Waals surface area contributed by atoms with Crippen LogP contribution in [0.3, 0.4) is 0 Å². The van der Waals surface area contributed by atoms with E-state index in [1.54, 1.807) is 17.2 Å². The van der Waals surface area contributed by atoms with Crippen LogP contribution in [0.2, 0.25) is 0 Å². The monoisotopic (exact) mass is 324 g/mol. The lowest BCUT2D eigenvalue weighted by Gasteiger charge is -2.33. The molecule has 1 atom stereocenters. The molecular formula is C18H20N4O2. The van der Waals surface area contributed by atoms with Gasteiger partial charge in [-0.1, -0.05) is 26.0 Å². The van der Waals surface area contributed by atoms with Crippen molar-refractivity contribution in [2.75, 3.05) is 19.7 Å². The molecule has 0 saturated carbocycles. The fraction of sp³-hybridized carbons (Fsp3) is 0.389. The number of hydrogen-bond donors (Lipinski definition) is 1. The Morgan fingerprint density at radius 1 is 1.50 bits per heavy atom. The molecule has 24 heavy (non-hydrogen) atoms. The predicted octanol–water partition coefficient (Wildman–Crippen LogP) is 2.62. The SMILES string of the molecule is CC(C)c1[nH]ncc1C(=O)N1CCOC(c2cccc(C#N)c2)C1. The Bertz CT molecular complexity index is 775. The predicted molar refractivity (Wildman–Crippen MR) is 88.4 cm³/mol. The second kappa shape index (κ2) is 6.85. The lowest BCUT2D eigenvalue weighted by atomic mass is 10.0. The van der Waals surface area contributed by atoms with Gasteiger partial charge < -0.3 is 9.64 Å². The van der Waals surface area contributed by atoms with Crippen molar-refractivity contribution in [2.24, 2.45) is 0 Å². The third-order valence-electron chi connectivity index (χ3n) is 4.22. The summed E-state index contributed by atoms with van der Waals surface area (Å²) in [7, 11) is 0. The second-order valence-electron chi connectivity index (χ2n) is 6.20.